The van der Waals surface area contributed by atoms with Crippen LogP contribution in [0.5, 0.6) is 0 Å². The van der Waals surface area contributed by atoms with E-state index in [9.17, 15) is 13.8 Å². The van der Waals surface area contributed by atoms with Gasteiger partial charge in [-0.1, -0.05) is 0 Å². The molecular weight excluding hydrogens is 168 g/mol. The molecule has 0 aromatic carbocycles. The molecule has 0 atom stereocenters. The van der Waals surface area contributed by atoms with Crippen LogP contribution >= 0.6 is 0 Å². The Morgan fingerprint density at radius 1 is 1.10 bits per heavy atom. The maximum atomic E-state index is 9.97. The van der Waals surface area contributed by atoms with Gasteiger partial charge in [-0.25, -0.2) is 9.59 Å². The summed E-state index contributed by atoms with van der Waals surface area (Å²) in [5, 5.41) is 15.4. The summed E-state index contributed by atoms with van der Waals surface area (Å²) in [7, 11) is 0. The number of carboxylic acid groups (broad SMARTS) is 2. The molecule has 0 aliphatic carbocycles. The van der Waals surface area contributed by atoms with Gasteiger partial charge in [0.15, 0.2) is 0 Å². The van der Waals surface area contributed by atoms with Crippen molar-refractivity contribution >= 4 is 23.7 Å². The first kappa shape index (κ1) is 8.69. The summed E-state index contributed by atoms with van der Waals surface area (Å²) < 4.78 is 16.7. The molecule has 0 saturated heterocycles. The van der Waals surface area contributed by atoms with Gasteiger partial charge in [-0.05, 0) is 0 Å². The van der Waals surface area contributed by atoms with E-state index in [0.29, 0.717) is 0 Å². The summed E-state index contributed by atoms with van der Waals surface area (Å²) in [5.41, 5.74) is 0. The molecule has 0 rings (SSSR count). The van der Waals surface area contributed by atoms with Gasteiger partial charge in [-0.3, -0.25) is 0 Å². The van der Waals surface area contributed by atoms with Crippen LogP contribution < -0.4 is 0 Å². The standard InChI is InChI=1S/C2H2O7S/c3-1(4)8-10(7)9-2(5)6/h(H,3,4)(H,5,6). The zero-order valence-electron chi connectivity index (χ0n) is 4.34. The van der Waals surface area contributed by atoms with Crippen LogP contribution in [0.2, 0.25) is 0 Å². The molecule has 0 aliphatic heterocycles. The quantitative estimate of drug-likeness (QED) is 0.597. The van der Waals surface area contributed by atoms with Gasteiger partial charge in [0.1, 0.15) is 0 Å². The average Bonchev–Trinajstić information content (AvgIpc) is 1.58. The first-order chi connectivity index (χ1) is 4.52. The first-order valence-electron chi connectivity index (χ1n) is 1.76. The molecule has 0 aromatic heterocycles. The van der Waals surface area contributed by atoms with Gasteiger partial charge >= 0.3 is 23.7 Å². The van der Waals surface area contributed by atoms with Gasteiger partial charge in [-0.2, -0.15) is 4.21 Å². The van der Waals surface area contributed by atoms with Crippen molar-refractivity contribution in [1.82, 2.24) is 0 Å². The highest BCUT2D eigenvalue weighted by molar-refractivity contribution is 7.76. The minimum absolute atomic E-state index is 1.88. The molecule has 0 radical (unpaired) electrons. The van der Waals surface area contributed by atoms with E-state index >= 15 is 0 Å². The van der Waals surface area contributed by atoms with Crippen LogP contribution in [0.25, 0.3) is 0 Å². The summed E-state index contributed by atoms with van der Waals surface area (Å²) in [4.78, 5) is 19.0. The monoisotopic (exact) mass is 170 g/mol. The lowest BCUT2D eigenvalue weighted by Gasteiger charge is -1.93. The van der Waals surface area contributed by atoms with Crippen molar-refractivity contribution in [2.45, 2.75) is 0 Å². The van der Waals surface area contributed by atoms with Crippen molar-refractivity contribution in [3.05, 3.63) is 0 Å². The van der Waals surface area contributed by atoms with Gasteiger partial charge in [-0.15, -0.1) is 0 Å². The molecule has 10 heavy (non-hydrogen) atoms. The summed E-state index contributed by atoms with van der Waals surface area (Å²) in [6.07, 6.45) is -3.75. The third-order valence-corrected chi connectivity index (χ3v) is 0.836. The highest BCUT2D eigenvalue weighted by Gasteiger charge is 2.11. The van der Waals surface area contributed by atoms with E-state index in [1.165, 1.54) is 0 Å². The second kappa shape index (κ2) is 3.67. The predicted octanol–water partition coefficient (Wildman–Crippen LogP) is -0.0457. The van der Waals surface area contributed by atoms with E-state index in [0.717, 1.165) is 0 Å². The lowest BCUT2D eigenvalue weighted by Crippen LogP contribution is -2.10. The SMILES string of the molecule is O=C(O)OS(=O)OC(=O)O. The van der Waals surface area contributed by atoms with E-state index in [1.807, 2.05) is 0 Å². The predicted molar refractivity (Wildman–Crippen MR) is 26.4 cm³/mol. The third-order valence-electron chi connectivity index (χ3n) is 0.279. The minimum Gasteiger partial charge on any atom is -0.449 e. The Morgan fingerprint density at radius 3 is 1.60 bits per heavy atom. The summed E-state index contributed by atoms with van der Waals surface area (Å²) >= 11 is -2.78. The van der Waals surface area contributed by atoms with Crippen LogP contribution in [0, 0.1) is 0 Å². The van der Waals surface area contributed by atoms with E-state index in [2.05, 4.69) is 8.37 Å². The van der Waals surface area contributed by atoms with Crippen LogP contribution in [0.1, 0.15) is 0 Å². The molecule has 0 aliphatic rings. The highest BCUT2D eigenvalue weighted by Crippen LogP contribution is 1.89. The summed E-state index contributed by atoms with van der Waals surface area (Å²) in [6.45, 7) is 0. The van der Waals surface area contributed by atoms with Crippen molar-refractivity contribution in [3.8, 4) is 0 Å². The second-order valence-electron chi connectivity index (χ2n) is 0.903. The number of carbonyl (C=O) groups is 2. The normalized spacial score (nSPS) is 8.90. The Morgan fingerprint density at radius 2 is 1.40 bits per heavy atom. The molecule has 0 saturated carbocycles. The molecule has 0 spiro atoms. The van der Waals surface area contributed by atoms with Gasteiger partial charge < -0.3 is 18.6 Å². The van der Waals surface area contributed by atoms with E-state index < -0.39 is 23.7 Å². The fourth-order valence-electron chi connectivity index (χ4n) is 0.133. The van der Waals surface area contributed by atoms with E-state index in [-0.39, 0.29) is 0 Å². The Hall–Kier alpha value is -1.31. The lowest BCUT2D eigenvalue weighted by molar-refractivity contribution is 0.130. The Bertz CT molecular complexity index is 154. The van der Waals surface area contributed by atoms with Crippen LogP contribution in [0.3, 0.4) is 0 Å². The van der Waals surface area contributed by atoms with E-state index in [4.69, 9.17) is 10.2 Å². The van der Waals surface area contributed by atoms with Crippen molar-refractivity contribution < 1.29 is 32.4 Å². The van der Waals surface area contributed by atoms with Gasteiger partial charge in [0.2, 0.25) is 0 Å². The Kier molecular flexibility index (Phi) is 3.19. The zero-order chi connectivity index (χ0) is 8.15. The molecule has 0 unspecified atom stereocenters. The fourth-order valence-corrected chi connectivity index (χ4v) is 0.400. The van der Waals surface area contributed by atoms with Gasteiger partial charge in [0, 0.05) is 0 Å². The van der Waals surface area contributed by atoms with Gasteiger partial charge in [0.25, 0.3) is 0 Å². The molecule has 0 bridgehead atoms. The second-order valence-corrected chi connectivity index (χ2v) is 1.64. The van der Waals surface area contributed by atoms with Gasteiger partial charge in [0.05, 0.1) is 0 Å². The molecule has 0 aromatic rings. The fraction of sp³-hybridized carbons (Fsp3) is 0. The maximum absolute atomic E-state index is 9.97. The van der Waals surface area contributed by atoms with Crippen LogP contribution in [0.4, 0.5) is 9.59 Å². The zero-order valence-corrected chi connectivity index (χ0v) is 5.16. The highest BCUT2D eigenvalue weighted by atomic mass is 32.2. The molecule has 2 N–H and O–H groups in total. The molecular formula is C2H2O7S. The molecule has 8 heteroatoms. The average molecular weight is 170 g/mol. The minimum atomic E-state index is -2.78. The van der Waals surface area contributed by atoms with Crippen LogP contribution in [-0.4, -0.2) is 26.7 Å². The lowest BCUT2D eigenvalue weighted by atomic mass is 11.5. The molecule has 0 heterocycles. The van der Waals surface area contributed by atoms with Crippen LogP contribution in [0.15, 0.2) is 0 Å². The smallest absolute Gasteiger partial charge is 0.449 e. The molecule has 0 amide bonds. The molecule has 0 fully saturated rings. The van der Waals surface area contributed by atoms with Crippen molar-refractivity contribution in [2.24, 2.45) is 0 Å². The Balaban J connectivity index is 3.65. The number of rotatable bonds is 2. The Labute approximate surface area is 57.0 Å². The largest absolute Gasteiger partial charge is 0.522 e. The van der Waals surface area contributed by atoms with Crippen molar-refractivity contribution in [3.63, 3.8) is 0 Å². The number of hydrogen-bond donors (Lipinski definition) is 2. The van der Waals surface area contributed by atoms with Crippen molar-refractivity contribution in [1.29, 1.82) is 0 Å². The first-order valence-corrected chi connectivity index (χ1v) is 2.76. The van der Waals surface area contributed by atoms with E-state index in [1.54, 1.807) is 0 Å². The summed E-state index contributed by atoms with van der Waals surface area (Å²) in [6, 6.07) is 0. The van der Waals surface area contributed by atoms with Crippen molar-refractivity contribution in [2.75, 3.05) is 0 Å². The third kappa shape index (κ3) is 4.84. The number of hydrogen-bond acceptors (Lipinski definition) is 5. The molecule has 7 nitrogen and oxygen atoms in total. The van der Waals surface area contributed by atoms with Crippen LogP contribution in [-0.2, 0) is 19.7 Å². The topological polar surface area (TPSA) is 110 Å². The maximum Gasteiger partial charge on any atom is 0.522 e. The molecule has 58 valence electrons. The summed E-state index contributed by atoms with van der Waals surface area (Å²) in [5.74, 6) is 0.